The van der Waals surface area contributed by atoms with Crippen molar-refractivity contribution in [2.24, 2.45) is 0 Å². The average molecular weight is 786 g/mol. The van der Waals surface area contributed by atoms with Crippen molar-refractivity contribution in [1.82, 2.24) is 0 Å². The number of rotatable bonds is 6. The summed E-state index contributed by atoms with van der Waals surface area (Å²) in [5.41, 5.74) is -20.0. The molecule has 0 saturated heterocycles. The van der Waals surface area contributed by atoms with E-state index in [1.165, 1.54) is 0 Å². The lowest BCUT2D eigenvalue weighted by molar-refractivity contribution is -0.384. The average Bonchev–Trinajstić information content (AvgIpc) is 3.69. The van der Waals surface area contributed by atoms with Crippen molar-refractivity contribution in [2.45, 2.75) is 30.1 Å². The Hall–Kier alpha value is -6.34. The molecule has 0 spiro atoms. The number of alkyl halides is 12. The summed E-state index contributed by atoms with van der Waals surface area (Å²) in [5, 5.41) is 22.5. The highest BCUT2D eigenvalue weighted by molar-refractivity contribution is 6.15. The molecule has 0 aliphatic heterocycles. The number of nitro groups is 2. The van der Waals surface area contributed by atoms with Gasteiger partial charge in [-0.1, -0.05) is 48.5 Å². The Morgan fingerprint density at radius 1 is 0.491 bits per heavy atom. The molecule has 20 heteroatoms. The molecule has 1 aliphatic rings. The van der Waals surface area contributed by atoms with Gasteiger partial charge >= 0.3 is 30.1 Å². The van der Waals surface area contributed by atoms with Crippen molar-refractivity contribution in [3.05, 3.63) is 127 Å². The number of fused-ring (bicyclic) bond motifs is 2. The fourth-order valence-electron chi connectivity index (χ4n) is 6.66. The molecule has 0 fully saturated rings. The van der Waals surface area contributed by atoms with Crippen molar-refractivity contribution < 1.29 is 71.4 Å². The number of para-hydroxylation sites is 2. The summed E-state index contributed by atoms with van der Waals surface area (Å²) in [5.74, 6) is -22.1. The van der Waals surface area contributed by atoms with Crippen molar-refractivity contribution in [3.63, 3.8) is 0 Å². The zero-order valence-corrected chi connectivity index (χ0v) is 26.5. The van der Waals surface area contributed by atoms with Crippen LogP contribution in [0.2, 0.25) is 0 Å². The number of benzene rings is 4. The van der Waals surface area contributed by atoms with Crippen molar-refractivity contribution >= 4 is 44.5 Å². The van der Waals surface area contributed by atoms with Gasteiger partial charge in [0.15, 0.2) is 11.5 Å². The van der Waals surface area contributed by atoms with Crippen LogP contribution in [0.5, 0.6) is 0 Å². The van der Waals surface area contributed by atoms with E-state index in [9.17, 15) is 46.6 Å². The molecule has 6 aromatic rings. The van der Waals surface area contributed by atoms with Gasteiger partial charge in [-0.05, 0) is 24.3 Å². The number of hydrogen-bond donors (Lipinski definition) is 0. The summed E-state index contributed by atoms with van der Waals surface area (Å²) in [4.78, 5) is 21.4. The molecule has 2 heterocycles. The molecule has 0 unspecified atom stereocenters. The molecule has 0 atom stereocenters. The van der Waals surface area contributed by atoms with Crippen LogP contribution in [0.1, 0.15) is 22.3 Å². The first kappa shape index (κ1) is 37.0. The van der Waals surface area contributed by atoms with E-state index in [1.807, 2.05) is 0 Å². The van der Waals surface area contributed by atoms with Crippen molar-refractivity contribution in [2.75, 3.05) is 0 Å². The SMILES string of the molecule is O=[N+]([O-])c1cccc(C(F)(F)F)c1-c1oc2ccccc2c1C1=C(c2c(-c3c([N+](=O)[O-])cccc3C(F)(F)F)oc3ccccc23)C(F)(F)C(F)(F)C1(F)F. The molecule has 0 bridgehead atoms. The first-order valence-corrected chi connectivity index (χ1v) is 15.2. The summed E-state index contributed by atoms with van der Waals surface area (Å²) in [6.07, 6.45) is -11.1. The Morgan fingerprint density at radius 3 is 1.16 bits per heavy atom. The van der Waals surface area contributed by atoms with Crippen LogP contribution in [-0.2, 0) is 12.4 Å². The van der Waals surface area contributed by atoms with E-state index < -0.39 is 129 Å². The highest BCUT2D eigenvalue weighted by atomic mass is 19.4. The van der Waals surface area contributed by atoms with Gasteiger partial charge in [0.25, 0.3) is 11.4 Å². The van der Waals surface area contributed by atoms with E-state index in [1.54, 1.807) is 0 Å². The summed E-state index contributed by atoms with van der Waals surface area (Å²) in [6, 6.07) is 9.99. The quantitative estimate of drug-likeness (QED) is 0.0944. The van der Waals surface area contributed by atoms with Crippen LogP contribution >= 0.6 is 0 Å². The molecule has 1 aliphatic carbocycles. The second kappa shape index (κ2) is 11.8. The number of hydrogen-bond acceptors (Lipinski definition) is 6. The van der Waals surface area contributed by atoms with Crippen LogP contribution < -0.4 is 0 Å². The highest BCUT2D eigenvalue weighted by Crippen LogP contribution is 2.68. The van der Waals surface area contributed by atoms with Crippen LogP contribution in [0.15, 0.2) is 93.8 Å². The minimum atomic E-state index is -6.54. The van der Waals surface area contributed by atoms with Gasteiger partial charge in [0.05, 0.1) is 21.0 Å². The van der Waals surface area contributed by atoms with Gasteiger partial charge in [-0.3, -0.25) is 20.2 Å². The van der Waals surface area contributed by atoms with Crippen LogP contribution in [-0.4, -0.2) is 27.6 Å². The van der Waals surface area contributed by atoms with Gasteiger partial charge in [0.1, 0.15) is 22.3 Å². The molecule has 4 aromatic carbocycles. The maximum absolute atomic E-state index is 16.5. The first-order valence-electron chi connectivity index (χ1n) is 15.2. The van der Waals surface area contributed by atoms with Gasteiger partial charge < -0.3 is 8.83 Å². The molecule has 55 heavy (non-hydrogen) atoms. The van der Waals surface area contributed by atoms with Crippen LogP contribution in [0, 0.1) is 20.2 Å². The minimum absolute atomic E-state index is 0.236. The largest absolute Gasteiger partial charge is 0.455 e. The Bertz CT molecular complexity index is 2460. The zero-order chi connectivity index (χ0) is 40.2. The van der Waals surface area contributed by atoms with Crippen LogP contribution in [0.4, 0.5) is 64.1 Å². The van der Waals surface area contributed by atoms with Crippen LogP contribution in [0.3, 0.4) is 0 Å². The van der Waals surface area contributed by atoms with Gasteiger partial charge in [-0.25, -0.2) is 0 Å². The summed E-state index contributed by atoms with van der Waals surface area (Å²) >= 11 is 0. The summed E-state index contributed by atoms with van der Waals surface area (Å²) in [6.45, 7) is 0. The number of furan rings is 2. The fourth-order valence-corrected chi connectivity index (χ4v) is 6.66. The monoisotopic (exact) mass is 786 g/mol. The molecule has 7 rings (SSSR count). The second-order valence-electron chi connectivity index (χ2n) is 12.0. The standard InChI is InChI=1S/C35H14F12N2O6/c36-31(37)27(23-15-7-1-3-13-21(15)54-29(23)25-17(33(40,41)42)9-5-11-19(25)48(50)51)28(32(38,39)35(31,46)47)24-16-8-2-4-14-22(16)55-30(24)26-18(34(43,44)45)10-6-12-20(26)49(52)53/h1-14H. The topological polar surface area (TPSA) is 113 Å². The number of nitrogens with zero attached hydrogens (tertiary/aromatic N) is 2. The Kier molecular flexibility index (Phi) is 7.96. The molecule has 0 amide bonds. The molecule has 0 saturated carbocycles. The lowest BCUT2D eigenvalue weighted by Gasteiger charge is -2.26. The molecule has 284 valence electrons. The van der Waals surface area contributed by atoms with E-state index in [0.717, 1.165) is 48.5 Å². The predicted molar refractivity (Wildman–Crippen MR) is 168 cm³/mol. The summed E-state index contributed by atoms with van der Waals surface area (Å²) < 4.78 is 195. The third-order valence-electron chi connectivity index (χ3n) is 8.90. The van der Waals surface area contributed by atoms with E-state index in [2.05, 4.69) is 0 Å². The Balaban J connectivity index is 1.77. The smallest absolute Gasteiger partial charge is 0.417 e. The third kappa shape index (κ3) is 5.24. The lowest BCUT2D eigenvalue weighted by atomic mass is 9.87. The summed E-state index contributed by atoms with van der Waals surface area (Å²) in [7, 11) is 0. The van der Waals surface area contributed by atoms with Gasteiger partial charge in [0.2, 0.25) is 0 Å². The number of allylic oxidation sites excluding steroid dienone is 2. The van der Waals surface area contributed by atoms with E-state index >= 15 is 26.3 Å². The van der Waals surface area contributed by atoms with E-state index in [4.69, 9.17) is 8.83 Å². The fraction of sp³-hybridized carbons (Fsp3) is 0.143. The van der Waals surface area contributed by atoms with E-state index in [0.29, 0.717) is 24.3 Å². The maximum atomic E-state index is 16.5. The molecule has 0 radical (unpaired) electrons. The van der Waals surface area contributed by atoms with Gasteiger partial charge in [0, 0.05) is 45.2 Å². The third-order valence-corrected chi connectivity index (χ3v) is 8.90. The minimum Gasteiger partial charge on any atom is -0.455 e. The molecular weight excluding hydrogens is 772 g/mol. The molecule has 2 aromatic heterocycles. The molecule has 0 N–H and O–H groups in total. The van der Waals surface area contributed by atoms with Crippen molar-refractivity contribution in [3.8, 4) is 22.6 Å². The van der Waals surface area contributed by atoms with Gasteiger partial charge in [-0.2, -0.15) is 52.7 Å². The molecular formula is C35H14F12N2O6. The highest BCUT2D eigenvalue weighted by Gasteiger charge is 2.81. The maximum Gasteiger partial charge on any atom is 0.417 e. The van der Waals surface area contributed by atoms with E-state index in [-0.39, 0.29) is 12.1 Å². The normalized spacial score (nSPS) is 16.7. The molecule has 8 nitrogen and oxygen atoms in total. The second-order valence-corrected chi connectivity index (χ2v) is 12.0. The van der Waals surface area contributed by atoms with Gasteiger partial charge in [-0.15, -0.1) is 0 Å². The Labute approximate surface area is 296 Å². The first-order chi connectivity index (χ1) is 25.5. The lowest BCUT2D eigenvalue weighted by Crippen LogP contribution is -2.48. The number of nitro benzene ring substituents is 2. The zero-order valence-electron chi connectivity index (χ0n) is 26.5. The number of halogens is 12. The predicted octanol–water partition coefficient (Wildman–Crippen LogP) is 12.2. The van der Waals surface area contributed by atoms with Crippen molar-refractivity contribution in [1.29, 1.82) is 0 Å². The van der Waals surface area contributed by atoms with Crippen LogP contribution in [0.25, 0.3) is 55.7 Å². The Morgan fingerprint density at radius 2 is 0.836 bits per heavy atom.